The van der Waals surface area contributed by atoms with E-state index >= 15 is 0 Å². The second-order valence-corrected chi connectivity index (χ2v) is 6.13. The van der Waals surface area contributed by atoms with E-state index in [1.165, 1.54) is 0 Å². The highest BCUT2D eigenvalue weighted by atomic mass is 16.2. The predicted octanol–water partition coefficient (Wildman–Crippen LogP) is 2.22. The lowest BCUT2D eigenvalue weighted by atomic mass is 10.0. The summed E-state index contributed by atoms with van der Waals surface area (Å²) in [7, 11) is 0. The molecule has 3 rings (SSSR count). The molecule has 1 aromatic carbocycles. The van der Waals surface area contributed by atoms with Crippen LogP contribution in [0.5, 0.6) is 0 Å². The highest BCUT2D eigenvalue weighted by Gasteiger charge is 2.32. The summed E-state index contributed by atoms with van der Waals surface area (Å²) in [6.45, 7) is 1.43. The Morgan fingerprint density at radius 2 is 1.73 bits per heavy atom. The molecule has 1 N–H and O–H groups in total. The van der Waals surface area contributed by atoms with Crippen molar-refractivity contribution in [1.82, 2.24) is 10.2 Å². The molecule has 1 aliphatic heterocycles. The first-order valence-corrected chi connectivity index (χ1v) is 8.05. The lowest BCUT2D eigenvalue weighted by molar-refractivity contribution is -0.127. The van der Waals surface area contributed by atoms with Crippen molar-refractivity contribution in [2.75, 3.05) is 13.1 Å². The first kappa shape index (κ1) is 14.8. The molecule has 1 saturated carbocycles. The zero-order valence-corrected chi connectivity index (χ0v) is 12.7. The lowest BCUT2D eigenvalue weighted by Crippen LogP contribution is -2.46. The smallest absolute Gasteiger partial charge is 0.246 e. The molecule has 4 heteroatoms. The Morgan fingerprint density at radius 3 is 2.36 bits per heavy atom. The molecule has 1 aliphatic carbocycles. The van der Waals surface area contributed by atoms with Crippen molar-refractivity contribution in [2.24, 2.45) is 5.92 Å². The maximum Gasteiger partial charge on any atom is 0.246 e. The summed E-state index contributed by atoms with van der Waals surface area (Å²) < 4.78 is 0. The molecule has 2 aliphatic rings. The van der Waals surface area contributed by atoms with Gasteiger partial charge < -0.3 is 10.2 Å². The normalized spacial score (nSPS) is 19.4. The van der Waals surface area contributed by atoms with Gasteiger partial charge in [-0.1, -0.05) is 30.3 Å². The van der Waals surface area contributed by atoms with Gasteiger partial charge in [-0.2, -0.15) is 0 Å². The number of carbonyl (C=O) groups excluding carboxylic acids is 2. The Bertz CT molecular complexity index is 556. The first-order chi connectivity index (χ1) is 10.7. The van der Waals surface area contributed by atoms with Gasteiger partial charge in [-0.15, -0.1) is 0 Å². The summed E-state index contributed by atoms with van der Waals surface area (Å²) in [4.78, 5) is 25.8. The van der Waals surface area contributed by atoms with Gasteiger partial charge in [-0.3, -0.25) is 9.59 Å². The van der Waals surface area contributed by atoms with Crippen LogP contribution in [0.25, 0.3) is 6.08 Å². The second-order valence-electron chi connectivity index (χ2n) is 6.13. The molecule has 1 aromatic rings. The predicted molar refractivity (Wildman–Crippen MR) is 85.9 cm³/mol. The standard InChI is InChI=1S/C18H22N2O2/c21-17(9-6-14-4-2-1-3-5-14)20-12-10-16(11-13-20)19-18(22)15-7-8-15/h1-6,9,15-16H,7-8,10-13H2,(H,19,22). The third-order valence-corrected chi connectivity index (χ3v) is 4.32. The average molecular weight is 298 g/mol. The second kappa shape index (κ2) is 6.77. The number of rotatable bonds is 4. The van der Waals surface area contributed by atoms with E-state index in [4.69, 9.17) is 0 Å². The van der Waals surface area contributed by atoms with E-state index in [1.54, 1.807) is 6.08 Å². The van der Waals surface area contributed by atoms with Crippen molar-refractivity contribution in [3.8, 4) is 0 Å². The average Bonchev–Trinajstić information content (AvgIpc) is 3.39. The molecule has 1 saturated heterocycles. The molecule has 0 unspecified atom stereocenters. The quantitative estimate of drug-likeness (QED) is 0.867. The van der Waals surface area contributed by atoms with Gasteiger partial charge in [-0.05, 0) is 37.3 Å². The minimum absolute atomic E-state index is 0.0517. The van der Waals surface area contributed by atoms with Crippen LogP contribution in [0.4, 0.5) is 0 Å². The third-order valence-electron chi connectivity index (χ3n) is 4.32. The first-order valence-electron chi connectivity index (χ1n) is 8.05. The van der Waals surface area contributed by atoms with Crippen molar-refractivity contribution < 1.29 is 9.59 Å². The Hall–Kier alpha value is -2.10. The van der Waals surface area contributed by atoms with Gasteiger partial charge in [0.05, 0.1) is 0 Å². The van der Waals surface area contributed by atoms with Crippen LogP contribution >= 0.6 is 0 Å². The van der Waals surface area contributed by atoms with Gasteiger partial charge in [0.15, 0.2) is 0 Å². The molecule has 0 bridgehead atoms. The van der Waals surface area contributed by atoms with E-state index in [-0.39, 0.29) is 23.8 Å². The Balaban J connectivity index is 1.45. The highest BCUT2D eigenvalue weighted by Crippen LogP contribution is 2.29. The number of benzene rings is 1. The summed E-state index contributed by atoms with van der Waals surface area (Å²) >= 11 is 0. The van der Waals surface area contributed by atoms with Gasteiger partial charge in [0.1, 0.15) is 0 Å². The fourth-order valence-corrected chi connectivity index (χ4v) is 2.75. The molecule has 0 radical (unpaired) electrons. The zero-order chi connectivity index (χ0) is 15.4. The summed E-state index contributed by atoms with van der Waals surface area (Å²) in [6.07, 6.45) is 7.26. The maximum absolute atomic E-state index is 12.2. The molecular weight excluding hydrogens is 276 g/mol. The molecule has 22 heavy (non-hydrogen) atoms. The summed E-state index contributed by atoms with van der Waals surface area (Å²) in [5.41, 5.74) is 1.03. The zero-order valence-electron chi connectivity index (χ0n) is 12.7. The van der Waals surface area contributed by atoms with Crippen molar-refractivity contribution in [2.45, 2.75) is 31.7 Å². The number of carbonyl (C=O) groups is 2. The van der Waals surface area contributed by atoms with E-state index in [0.29, 0.717) is 13.1 Å². The van der Waals surface area contributed by atoms with Gasteiger partial charge in [0, 0.05) is 31.1 Å². The Labute approximate surface area is 131 Å². The highest BCUT2D eigenvalue weighted by molar-refractivity contribution is 5.91. The molecule has 2 amide bonds. The number of likely N-dealkylation sites (tertiary alicyclic amines) is 1. The fraction of sp³-hybridized carbons (Fsp3) is 0.444. The van der Waals surface area contributed by atoms with E-state index in [9.17, 15) is 9.59 Å². The van der Waals surface area contributed by atoms with Gasteiger partial charge >= 0.3 is 0 Å². The minimum Gasteiger partial charge on any atom is -0.353 e. The van der Waals surface area contributed by atoms with Crippen LogP contribution in [-0.2, 0) is 9.59 Å². The number of nitrogens with zero attached hydrogens (tertiary/aromatic N) is 1. The Morgan fingerprint density at radius 1 is 1.05 bits per heavy atom. The number of amides is 2. The minimum atomic E-state index is 0.0517. The number of nitrogens with one attached hydrogen (secondary N) is 1. The monoisotopic (exact) mass is 298 g/mol. The van der Waals surface area contributed by atoms with E-state index in [2.05, 4.69) is 5.32 Å². The van der Waals surface area contributed by atoms with Crippen LogP contribution in [0, 0.1) is 5.92 Å². The molecular formula is C18H22N2O2. The molecule has 116 valence electrons. The molecule has 0 aromatic heterocycles. The van der Waals surface area contributed by atoms with Crippen LogP contribution in [0.1, 0.15) is 31.2 Å². The van der Waals surface area contributed by atoms with Crippen molar-refractivity contribution >= 4 is 17.9 Å². The number of hydrogen-bond donors (Lipinski definition) is 1. The van der Waals surface area contributed by atoms with Gasteiger partial charge in [0.2, 0.25) is 11.8 Å². The molecule has 1 heterocycles. The molecule has 0 spiro atoms. The van der Waals surface area contributed by atoms with Crippen molar-refractivity contribution in [3.05, 3.63) is 42.0 Å². The van der Waals surface area contributed by atoms with E-state index < -0.39 is 0 Å². The van der Waals surface area contributed by atoms with Crippen molar-refractivity contribution in [3.63, 3.8) is 0 Å². The van der Waals surface area contributed by atoms with Gasteiger partial charge in [-0.25, -0.2) is 0 Å². The van der Waals surface area contributed by atoms with Gasteiger partial charge in [0.25, 0.3) is 0 Å². The van der Waals surface area contributed by atoms with Crippen molar-refractivity contribution in [1.29, 1.82) is 0 Å². The lowest BCUT2D eigenvalue weighted by Gasteiger charge is -2.31. The van der Waals surface area contributed by atoms with Crippen LogP contribution in [-0.4, -0.2) is 35.8 Å². The van der Waals surface area contributed by atoms with Crippen LogP contribution < -0.4 is 5.32 Å². The number of hydrogen-bond acceptors (Lipinski definition) is 2. The van der Waals surface area contributed by atoms with Crippen LogP contribution in [0.2, 0.25) is 0 Å². The fourth-order valence-electron chi connectivity index (χ4n) is 2.75. The largest absolute Gasteiger partial charge is 0.353 e. The molecule has 0 atom stereocenters. The molecule has 2 fully saturated rings. The SMILES string of the molecule is O=C(NC1CCN(C(=O)C=Cc2ccccc2)CC1)C1CC1. The summed E-state index contributed by atoms with van der Waals surface area (Å²) in [5, 5.41) is 3.10. The summed E-state index contributed by atoms with van der Waals surface area (Å²) in [5.74, 6) is 0.512. The maximum atomic E-state index is 12.2. The number of piperidine rings is 1. The van der Waals surface area contributed by atoms with Crippen LogP contribution in [0.3, 0.4) is 0 Å². The molecule has 4 nitrogen and oxygen atoms in total. The van der Waals surface area contributed by atoms with E-state index in [0.717, 1.165) is 31.2 Å². The van der Waals surface area contributed by atoms with Crippen LogP contribution in [0.15, 0.2) is 36.4 Å². The topological polar surface area (TPSA) is 49.4 Å². The third kappa shape index (κ3) is 3.97. The summed E-state index contributed by atoms with van der Waals surface area (Å²) in [6, 6.07) is 10.1. The van der Waals surface area contributed by atoms with E-state index in [1.807, 2.05) is 41.3 Å². The Kier molecular flexibility index (Phi) is 4.56.